The van der Waals surface area contributed by atoms with E-state index in [2.05, 4.69) is 15.0 Å². The molecule has 0 saturated heterocycles. The second kappa shape index (κ2) is 5.01. The molecular weight excluding hydrogens is 268 g/mol. The Bertz CT molecular complexity index is 838. The smallest absolute Gasteiger partial charge is 0.237 e. The van der Waals surface area contributed by atoms with Crippen LogP contribution in [0.2, 0.25) is 0 Å². The third kappa shape index (κ3) is 2.16. The third-order valence-electron chi connectivity index (χ3n) is 3.33. The van der Waals surface area contributed by atoms with Crippen LogP contribution in [0.4, 0.5) is 5.82 Å². The molecule has 0 fully saturated rings. The number of nitrogens with zero attached hydrogens (tertiary/aromatic N) is 4. The Labute approximate surface area is 121 Å². The first-order valence-corrected chi connectivity index (χ1v) is 6.79. The van der Waals surface area contributed by atoms with E-state index in [1.165, 1.54) is 0 Å². The molecule has 0 aromatic carbocycles. The molecule has 0 atom stereocenters. The molecule has 108 valence electrons. The second-order valence-corrected chi connectivity index (χ2v) is 4.90. The highest BCUT2D eigenvalue weighted by Crippen LogP contribution is 2.27. The largest absolute Gasteiger partial charge is 0.382 e. The molecule has 4 N–H and O–H groups in total. The number of nitrogens with two attached hydrogens (primary N) is 2. The van der Waals surface area contributed by atoms with E-state index in [1.807, 2.05) is 13.0 Å². The summed E-state index contributed by atoms with van der Waals surface area (Å²) in [4.78, 5) is 24.6. The van der Waals surface area contributed by atoms with E-state index in [-0.39, 0.29) is 6.54 Å². The monoisotopic (exact) mass is 284 g/mol. The van der Waals surface area contributed by atoms with Crippen LogP contribution in [0.3, 0.4) is 0 Å². The average molecular weight is 284 g/mol. The lowest BCUT2D eigenvalue weighted by molar-refractivity contribution is -0.118. The highest BCUT2D eigenvalue weighted by Gasteiger charge is 2.18. The van der Waals surface area contributed by atoms with E-state index < -0.39 is 5.91 Å². The molecule has 3 aromatic rings. The molecular formula is C14H16N6O. The molecule has 1 amide bonds. The van der Waals surface area contributed by atoms with Gasteiger partial charge in [-0.25, -0.2) is 9.97 Å². The van der Waals surface area contributed by atoms with Gasteiger partial charge in [-0.3, -0.25) is 9.78 Å². The summed E-state index contributed by atoms with van der Waals surface area (Å²) in [6.07, 6.45) is 3.32. The minimum atomic E-state index is -0.425. The molecule has 0 unspecified atom stereocenters. The van der Waals surface area contributed by atoms with Gasteiger partial charge in [0.05, 0.1) is 5.52 Å². The topological polar surface area (TPSA) is 113 Å². The molecule has 0 spiro atoms. The molecule has 0 bridgehead atoms. The van der Waals surface area contributed by atoms with E-state index in [0.29, 0.717) is 22.4 Å². The summed E-state index contributed by atoms with van der Waals surface area (Å²) in [5.74, 6) is 0.690. The first kappa shape index (κ1) is 13.3. The summed E-state index contributed by atoms with van der Waals surface area (Å²) in [6.45, 7) is 2.10. The molecule has 0 radical (unpaired) electrons. The van der Waals surface area contributed by atoms with Gasteiger partial charge >= 0.3 is 0 Å². The number of aromatic nitrogens is 4. The van der Waals surface area contributed by atoms with Crippen molar-refractivity contribution in [2.24, 2.45) is 5.73 Å². The summed E-state index contributed by atoms with van der Waals surface area (Å²) in [5.41, 5.74) is 14.0. The van der Waals surface area contributed by atoms with Crippen LogP contribution < -0.4 is 11.5 Å². The molecule has 0 saturated carbocycles. The van der Waals surface area contributed by atoms with Crippen LogP contribution in [0.1, 0.15) is 19.2 Å². The maximum Gasteiger partial charge on any atom is 0.237 e. The van der Waals surface area contributed by atoms with Crippen molar-refractivity contribution in [2.45, 2.75) is 26.3 Å². The molecule has 7 heteroatoms. The number of amides is 1. The first-order valence-electron chi connectivity index (χ1n) is 6.79. The SMILES string of the molecule is CCCc1nc2c(N)nc3cccnc3c2n1CC(N)=O. The molecule has 0 aliphatic rings. The van der Waals surface area contributed by atoms with Crippen LogP contribution in [-0.2, 0) is 17.8 Å². The lowest BCUT2D eigenvalue weighted by Gasteiger charge is -2.07. The number of aryl methyl sites for hydroxylation is 1. The van der Waals surface area contributed by atoms with Crippen LogP contribution in [0, 0.1) is 0 Å². The molecule has 3 aromatic heterocycles. The highest BCUT2D eigenvalue weighted by molar-refractivity contribution is 6.04. The van der Waals surface area contributed by atoms with Crippen molar-refractivity contribution in [1.82, 2.24) is 19.5 Å². The Balaban J connectivity index is 2.42. The zero-order valence-corrected chi connectivity index (χ0v) is 11.7. The third-order valence-corrected chi connectivity index (χ3v) is 3.33. The number of carbonyl (C=O) groups is 1. The van der Waals surface area contributed by atoms with Crippen LogP contribution >= 0.6 is 0 Å². The molecule has 21 heavy (non-hydrogen) atoms. The van der Waals surface area contributed by atoms with Gasteiger partial charge in [-0.05, 0) is 18.6 Å². The summed E-state index contributed by atoms with van der Waals surface area (Å²) < 4.78 is 1.80. The van der Waals surface area contributed by atoms with Crippen LogP contribution in [0.15, 0.2) is 18.3 Å². The fourth-order valence-corrected chi connectivity index (χ4v) is 2.51. The molecule has 0 aliphatic heterocycles. The number of nitrogen functional groups attached to an aromatic ring is 1. The number of anilines is 1. The van der Waals surface area contributed by atoms with Crippen molar-refractivity contribution in [3.05, 3.63) is 24.2 Å². The Morgan fingerprint density at radius 3 is 2.86 bits per heavy atom. The second-order valence-electron chi connectivity index (χ2n) is 4.90. The van der Waals surface area contributed by atoms with E-state index >= 15 is 0 Å². The van der Waals surface area contributed by atoms with Gasteiger partial charge in [-0.2, -0.15) is 0 Å². The van der Waals surface area contributed by atoms with E-state index in [9.17, 15) is 4.79 Å². The minimum Gasteiger partial charge on any atom is -0.382 e. The van der Waals surface area contributed by atoms with Gasteiger partial charge in [0.15, 0.2) is 5.82 Å². The summed E-state index contributed by atoms with van der Waals surface area (Å²) in [7, 11) is 0. The van der Waals surface area contributed by atoms with Gasteiger partial charge in [0, 0.05) is 12.6 Å². The molecule has 7 nitrogen and oxygen atoms in total. The van der Waals surface area contributed by atoms with E-state index in [1.54, 1.807) is 16.8 Å². The maximum atomic E-state index is 11.4. The minimum absolute atomic E-state index is 0.0565. The number of carbonyl (C=O) groups excluding carboxylic acids is 1. The van der Waals surface area contributed by atoms with Gasteiger partial charge in [0.2, 0.25) is 5.91 Å². The van der Waals surface area contributed by atoms with Crippen molar-refractivity contribution < 1.29 is 4.79 Å². The Morgan fingerprint density at radius 2 is 2.14 bits per heavy atom. The average Bonchev–Trinajstić information content (AvgIpc) is 2.79. The number of fused-ring (bicyclic) bond motifs is 3. The summed E-state index contributed by atoms with van der Waals surface area (Å²) in [6, 6.07) is 3.63. The van der Waals surface area contributed by atoms with Gasteiger partial charge in [-0.15, -0.1) is 0 Å². The zero-order valence-electron chi connectivity index (χ0n) is 11.7. The van der Waals surface area contributed by atoms with Crippen molar-refractivity contribution in [2.75, 3.05) is 5.73 Å². The van der Waals surface area contributed by atoms with Crippen molar-refractivity contribution >= 4 is 33.8 Å². The predicted molar refractivity (Wildman–Crippen MR) is 80.4 cm³/mol. The summed E-state index contributed by atoms with van der Waals surface area (Å²) >= 11 is 0. The van der Waals surface area contributed by atoms with Gasteiger partial charge in [-0.1, -0.05) is 6.92 Å². The van der Waals surface area contributed by atoms with Gasteiger partial charge < -0.3 is 16.0 Å². The lowest BCUT2D eigenvalue weighted by Crippen LogP contribution is -2.20. The van der Waals surface area contributed by atoms with Crippen LogP contribution in [0.25, 0.3) is 22.1 Å². The Hall–Kier alpha value is -2.70. The fourth-order valence-electron chi connectivity index (χ4n) is 2.51. The van der Waals surface area contributed by atoms with E-state index in [4.69, 9.17) is 11.5 Å². The molecule has 3 heterocycles. The first-order chi connectivity index (χ1) is 10.1. The Kier molecular flexibility index (Phi) is 3.17. The van der Waals surface area contributed by atoms with Crippen molar-refractivity contribution in [3.8, 4) is 0 Å². The number of primary amides is 1. The standard InChI is InChI=1S/C14H16N6O/c1-2-4-10-19-12-13(20(10)7-9(15)21)11-8(18-14(12)16)5-3-6-17-11/h3,5-6H,2,4,7H2,1H3,(H2,15,21)(H2,16,18). The summed E-state index contributed by atoms with van der Waals surface area (Å²) in [5, 5.41) is 0. The van der Waals surface area contributed by atoms with Crippen LogP contribution in [0.5, 0.6) is 0 Å². The number of pyridine rings is 2. The Morgan fingerprint density at radius 1 is 1.33 bits per heavy atom. The normalized spacial score (nSPS) is 11.3. The highest BCUT2D eigenvalue weighted by atomic mass is 16.1. The maximum absolute atomic E-state index is 11.4. The van der Waals surface area contributed by atoms with Crippen molar-refractivity contribution in [3.63, 3.8) is 0 Å². The number of rotatable bonds is 4. The quantitative estimate of drug-likeness (QED) is 0.742. The van der Waals surface area contributed by atoms with Gasteiger partial charge in [0.1, 0.15) is 28.9 Å². The lowest BCUT2D eigenvalue weighted by atomic mass is 10.2. The number of hydrogen-bond acceptors (Lipinski definition) is 5. The number of hydrogen-bond donors (Lipinski definition) is 2. The van der Waals surface area contributed by atoms with Gasteiger partial charge in [0.25, 0.3) is 0 Å². The molecule has 3 rings (SSSR count). The number of imidazole rings is 1. The zero-order chi connectivity index (χ0) is 15.0. The predicted octanol–water partition coefficient (Wildman–Crippen LogP) is 1.000. The van der Waals surface area contributed by atoms with E-state index in [0.717, 1.165) is 24.2 Å². The molecule has 0 aliphatic carbocycles. The van der Waals surface area contributed by atoms with Crippen molar-refractivity contribution in [1.29, 1.82) is 0 Å². The van der Waals surface area contributed by atoms with Crippen LogP contribution in [-0.4, -0.2) is 25.4 Å². The fraction of sp³-hybridized carbons (Fsp3) is 0.286.